The molecule has 0 bridgehead atoms. The molecule has 5 nitrogen and oxygen atoms in total. The van der Waals surface area contributed by atoms with Crippen molar-refractivity contribution in [1.82, 2.24) is 15.6 Å². The van der Waals surface area contributed by atoms with Gasteiger partial charge in [-0.15, -0.1) is 11.3 Å². The van der Waals surface area contributed by atoms with Gasteiger partial charge in [0, 0.05) is 37.5 Å². The van der Waals surface area contributed by atoms with E-state index in [1.807, 2.05) is 45.0 Å². The van der Waals surface area contributed by atoms with Gasteiger partial charge in [0.2, 0.25) is 0 Å². The summed E-state index contributed by atoms with van der Waals surface area (Å²) < 4.78 is 43.7. The number of nitrogens with zero attached hydrogens (tertiary/aromatic N) is 2. The van der Waals surface area contributed by atoms with Crippen LogP contribution in [0, 0.1) is 0 Å². The normalized spacial score (nSPS) is 12.8. The lowest BCUT2D eigenvalue weighted by Gasteiger charge is -2.23. The second-order valence-corrected chi connectivity index (χ2v) is 7.99. The molecule has 0 aliphatic heterocycles. The minimum atomic E-state index is -4.40. The highest BCUT2D eigenvalue weighted by molar-refractivity contribution is 7.09. The van der Waals surface area contributed by atoms with E-state index in [9.17, 15) is 13.2 Å². The molecule has 0 saturated heterocycles. The van der Waals surface area contributed by atoms with E-state index in [1.165, 1.54) is 0 Å². The van der Waals surface area contributed by atoms with Crippen molar-refractivity contribution in [3.8, 4) is 5.75 Å². The zero-order chi connectivity index (χ0) is 20.8. The number of rotatable bonds is 6. The Bertz CT molecular complexity index is 797. The summed E-state index contributed by atoms with van der Waals surface area (Å²) in [6.07, 6.45) is -4.02. The number of halogens is 3. The maximum atomic E-state index is 12.6. The fourth-order valence-electron chi connectivity index (χ4n) is 2.32. The van der Waals surface area contributed by atoms with E-state index in [4.69, 9.17) is 4.74 Å². The summed E-state index contributed by atoms with van der Waals surface area (Å²) in [4.78, 5) is 7.76. The molecule has 0 fully saturated rings. The number of thiazole rings is 1. The molecule has 2 rings (SSSR count). The lowest BCUT2D eigenvalue weighted by molar-refractivity contribution is -0.140. The highest BCUT2D eigenvalue weighted by Crippen LogP contribution is 2.30. The Labute approximate surface area is 167 Å². The number of hydrogen-bond donors (Lipinski definition) is 2. The van der Waals surface area contributed by atoms with Gasteiger partial charge in [0.05, 0.1) is 5.01 Å². The minimum absolute atomic E-state index is 0.307. The molecule has 9 heteroatoms. The minimum Gasteiger partial charge on any atom is -0.488 e. The molecular formula is C19H25F3N4OS. The molecule has 154 valence electrons. The third-order valence-electron chi connectivity index (χ3n) is 3.53. The second kappa shape index (κ2) is 9.27. The molecule has 1 aromatic heterocycles. The van der Waals surface area contributed by atoms with Crippen LogP contribution in [0.5, 0.6) is 5.75 Å². The molecule has 2 N–H and O–H groups in total. The number of hydrogen-bond acceptors (Lipinski definition) is 4. The van der Waals surface area contributed by atoms with E-state index in [0.717, 1.165) is 28.0 Å². The van der Waals surface area contributed by atoms with E-state index in [2.05, 4.69) is 20.6 Å². The number of ether oxygens (including phenoxy) is 1. The van der Waals surface area contributed by atoms with Gasteiger partial charge in [-0.1, -0.05) is 18.2 Å². The van der Waals surface area contributed by atoms with Crippen molar-refractivity contribution in [1.29, 1.82) is 0 Å². The van der Waals surface area contributed by atoms with E-state index >= 15 is 0 Å². The predicted octanol–water partition coefficient (Wildman–Crippen LogP) is 4.25. The Morgan fingerprint density at radius 3 is 2.50 bits per heavy atom. The van der Waals surface area contributed by atoms with Gasteiger partial charge in [0.15, 0.2) is 11.7 Å². The average molecular weight is 414 g/mol. The summed E-state index contributed by atoms with van der Waals surface area (Å²) in [6.45, 7) is 6.88. The summed E-state index contributed by atoms with van der Waals surface area (Å²) in [5.74, 6) is 1.35. The van der Waals surface area contributed by atoms with Gasteiger partial charge in [-0.2, -0.15) is 13.2 Å². The largest absolute Gasteiger partial charge is 0.488 e. The summed E-state index contributed by atoms with van der Waals surface area (Å²) in [5.41, 5.74) is -0.167. The standard InChI is InChI=1S/C19H25F3N4OS/c1-18(2,3)27-14-8-6-5-7-13(14)11-25-17(23-4)24-10-9-16-26-15(12-28-16)19(20,21)22/h5-8,12H,9-11H2,1-4H3,(H2,23,24,25). The maximum Gasteiger partial charge on any atom is 0.434 e. The first-order chi connectivity index (χ1) is 13.1. The Hall–Kier alpha value is -2.29. The van der Waals surface area contributed by atoms with E-state index < -0.39 is 11.9 Å². The Balaban J connectivity index is 1.86. The molecule has 1 aromatic carbocycles. The van der Waals surface area contributed by atoms with Gasteiger partial charge in [0.25, 0.3) is 0 Å². The van der Waals surface area contributed by atoms with Gasteiger partial charge in [0.1, 0.15) is 11.4 Å². The molecular weight excluding hydrogens is 389 g/mol. The van der Waals surface area contributed by atoms with Crippen LogP contribution in [0.4, 0.5) is 13.2 Å². The van der Waals surface area contributed by atoms with Crippen molar-refractivity contribution in [3.05, 3.63) is 45.9 Å². The predicted molar refractivity (Wildman–Crippen MR) is 106 cm³/mol. The van der Waals surface area contributed by atoms with Crippen LogP contribution in [0.25, 0.3) is 0 Å². The summed E-state index contributed by atoms with van der Waals surface area (Å²) in [7, 11) is 1.64. The van der Waals surface area contributed by atoms with Gasteiger partial charge in [-0.3, -0.25) is 4.99 Å². The van der Waals surface area contributed by atoms with Gasteiger partial charge < -0.3 is 15.4 Å². The Morgan fingerprint density at radius 2 is 1.89 bits per heavy atom. The lowest BCUT2D eigenvalue weighted by atomic mass is 10.1. The molecule has 0 aliphatic carbocycles. The molecule has 0 atom stereocenters. The number of alkyl halides is 3. The SMILES string of the molecule is CN=C(NCCc1nc(C(F)(F)F)cs1)NCc1ccccc1OC(C)(C)C. The fourth-order valence-corrected chi connectivity index (χ4v) is 3.13. The van der Waals surface area contributed by atoms with Crippen LogP contribution < -0.4 is 15.4 Å². The lowest BCUT2D eigenvalue weighted by Crippen LogP contribution is -2.38. The average Bonchev–Trinajstić information content (AvgIpc) is 3.07. The highest BCUT2D eigenvalue weighted by atomic mass is 32.1. The van der Waals surface area contributed by atoms with Crippen molar-refractivity contribution in [2.24, 2.45) is 4.99 Å². The number of benzene rings is 1. The zero-order valence-corrected chi connectivity index (χ0v) is 17.2. The molecule has 28 heavy (non-hydrogen) atoms. The maximum absolute atomic E-state index is 12.6. The topological polar surface area (TPSA) is 58.5 Å². The number of para-hydroxylation sites is 1. The van der Waals surface area contributed by atoms with Crippen molar-refractivity contribution >= 4 is 17.3 Å². The van der Waals surface area contributed by atoms with Crippen molar-refractivity contribution < 1.29 is 17.9 Å². The van der Waals surface area contributed by atoms with E-state index in [0.29, 0.717) is 30.5 Å². The molecule has 0 amide bonds. The molecule has 1 heterocycles. The van der Waals surface area contributed by atoms with Crippen molar-refractivity contribution in [3.63, 3.8) is 0 Å². The molecule has 0 radical (unpaired) electrons. The molecule has 0 aliphatic rings. The summed E-state index contributed by atoms with van der Waals surface area (Å²) in [6, 6.07) is 7.74. The van der Waals surface area contributed by atoms with Crippen LogP contribution in [0.3, 0.4) is 0 Å². The van der Waals surface area contributed by atoms with Crippen LogP contribution in [-0.4, -0.2) is 30.1 Å². The fraction of sp³-hybridized carbons (Fsp3) is 0.474. The van der Waals surface area contributed by atoms with Crippen LogP contribution in [-0.2, 0) is 19.1 Å². The van der Waals surface area contributed by atoms with Crippen molar-refractivity contribution in [2.45, 2.75) is 45.5 Å². The van der Waals surface area contributed by atoms with Crippen LogP contribution in [0.15, 0.2) is 34.6 Å². The van der Waals surface area contributed by atoms with E-state index in [-0.39, 0.29) is 5.60 Å². The molecule has 2 aromatic rings. The number of aromatic nitrogens is 1. The first-order valence-corrected chi connectivity index (χ1v) is 9.69. The Kier molecular flexibility index (Phi) is 7.29. The third-order valence-corrected chi connectivity index (χ3v) is 4.44. The van der Waals surface area contributed by atoms with Gasteiger partial charge in [-0.05, 0) is 26.8 Å². The summed E-state index contributed by atoms with van der Waals surface area (Å²) in [5, 5.41) is 7.74. The number of aliphatic imine (C=N–C) groups is 1. The molecule has 0 spiro atoms. The van der Waals surface area contributed by atoms with Gasteiger partial charge >= 0.3 is 6.18 Å². The Morgan fingerprint density at radius 1 is 1.18 bits per heavy atom. The monoisotopic (exact) mass is 414 g/mol. The van der Waals surface area contributed by atoms with Crippen molar-refractivity contribution in [2.75, 3.05) is 13.6 Å². The smallest absolute Gasteiger partial charge is 0.434 e. The number of guanidine groups is 1. The second-order valence-electron chi connectivity index (χ2n) is 7.05. The van der Waals surface area contributed by atoms with Crippen LogP contribution in [0.1, 0.15) is 37.0 Å². The first kappa shape index (κ1) is 22.0. The van der Waals surface area contributed by atoms with E-state index in [1.54, 1.807) is 7.05 Å². The van der Waals surface area contributed by atoms with Crippen LogP contribution >= 0.6 is 11.3 Å². The highest BCUT2D eigenvalue weighted by Gasteiger charge is 2.33. The first-order valence-electron chi connectivity index (χ1n) is 8.81. The third kappa shape index (κ3) is 7.03. The number of nitrogens with one attached hydrogen (secondary N) is 2. The molecule has 0 unspecified atom stereocenters. The molecule has 0 saturated carbocycles. The van der Waals surface area contributed by atoms with Crippen LogP contribution in [0.2, 0.25) is 0 Å². The quantitative estimate of drug-likeness (QED) is 0.548. The zero-order valence-electron chi connectivity index (χ0n) is 16.4. The van der Waals surface area contributed by atoms with Gasteiger partial charge in [-0.25, -0.2) is 4.98 Å². The summed E-state index contributed by atoms with van der Waals surface area (Å²) >= 11 is 1.01.